The highest BCUT2D eigenvalue weighted by atomic mass is 32.2. The largest absolute Gasteiger partial charge is 0.497 e. The molecule has 1 heterocycles. The smallest absolute Gasteiger partial charge is 0.122 e. The summed E-state index contributed by atoms with van der Waals surface area (Å²) in [6.07, 6.45) is 0. The van der Waals surface area contributed by atoms with Crippen molar-refractivity contribution >= 4 is 17.4 Å². The first-order valence-corrected chi connectivity index (χ1v) is 7.07. The molecule has 0 fully saturated rings. The van der Waals surface area contributed by atoms with E-state index >= 15 is 0 Å². The van der Waals surface area contributed by atoms with E-state index in [4.69, 9.17) is 10.5 Å². The first kappa shape index (κ1) is 13.7. The maximum absolute atomic E-state index is 6.01. The second kappa shape index (κ2) is 5.97. The Kier molecular flexibility index (Phi) is 4.32. The lowest BCUT2D eigenvalue weighted by Gasteiger charge is -2.08. The van der Waals surface area contributed by atoms with Gasteiger partial charge in [0, 0.05) is 34.2 Å². The average molecular weight is 274 g/mol. The monoisotopic (exact) mass is 274 g/mol. The Morgan fingerprint density at radius 3 is 2.68 bits per heavy atom. The van der Waals surface area contributed by atoms with Crippen LogP contribution in [0.5, 0.6) is 5.75 Å². The van der Waals surface area contributed by atoms with E-state index in [-0.39, 0.29) is 0 Å². The van der Waals surface area contributed by atoms with E-state index in [1.54, 1.807) is 18.9 Å². The summed E-state index contributed by atoms with van der Waals surface area (Å²) in [5.74, 6) is 1.63. The molecule has 0 saturated heterocycles. The quantitative estimate of drug-likeness (QED) is 0.684. The predicted molar refractivity (Wildman–Crippen MR) is 80.7 cm³/mol. The van der Waals surface area contributed by atoms with Gasteiger partial charge >= 0.3 is 0 Å². The van der Waals surface area contributed by atoms with Crippen LogP contribution in [0.3, 0.4) is 0 Å². The van der Waals surface area contributed by atoms with Crippen molar-refractivity contribution in [2.24, 2.45) is 0 Å². The number of aryl methyl sites for hydroxylation is 2. The number of anilines is 1. The van der Waals surface area contributed by atoms with Gasteiger partial charge in [-0.15, -0.1) is 11.8 Å². The zero-order chi connectivity index (χ0) is 13.8. The Labute approximate surface area is 118 Å². The van der Waals surface area contributed by atoms with Crippen molar-refractivity contribution in [3.63, 3.8) is 0 Å². The van der Waals surface area contributed by atoms with Gasteiger partial charge in [-0.25, -0.2) is 0 Å². The third kappa shape index (κ3) is 3.64. The lowest BCUT2D eigenvalue weighted by Crippen LogP contribution is -1.94. The molecule has 0 unspecified atom stereocenters. The molecule has 2 N–H and O–H groups in total. The summed E-state index contributed by atoms with van der Waals surface area (Å²) < 4.78 is 5.25. The van der Waals surface area contributed by atoms with Gasteiger partial charge in [0.15, 0.2) is 0 Å². The van der Waals surface area contributed by atoms with Crippen molar-refractivity contribution in [3.8, 4) is 5.75 Å². The first-order valence-electron chi connectivity index (χ1n) is 6.09. The molecule has 2 aromatic rings. The zero-order valence-corrected chi connectivity index (χ0v) is 12.3. The standard InChI is InChI=1S/C15H18N2OS/c1-10-4-5-15(14(16)6-10)19-9-12-8-13(18-3)7-11(2)17-12/h4-8H,9,16H2,1-3H3. The van der Waals surface area contributed by atoms with E-state index in [0.29, 0.717) is 0 Å². The molecule has 0 saturated carbocycles. The van der Waals surface area contributed by atoms with E-state index in [1.165, 1.54) is 5.56 Å². The molecule has 0 atom stereocenters. The minimum Gasteiger partial charge on any atom is -0.497 e. The molecule has 0 aliphatic heterocycles. The number of rotatable bonds is 4. The number of methoxy groups -OCH3 is 1. The number of pyridine rings is 1. The lowest BCUT2D eigenvalue weighted by atomic mass is 10.2. The van der Waals surface area contributed by atoms with E-state index in [2.05, 4.69) is 17.1 Å². The summed E-state index contributed by atoms with van der Waals surface area (Å²) in [4.78, 5) is 5.59. The van der Waals surface area contributed by atoms with Gasteiger partial charge in [-0.05, 0) is 31.5 Å². The van der Waals surface area contributed by atoms with Crippen LogP contribution < -0.4 is 10.5 Å². The molecule has 1 aromatic carbocycles. The first-order chi connectivity index (χ1) is 9.08. The molecule has 0 aliphatic rings. The van der Waals surface area contributed by atoms with Gasteiger partial charge in [-0.2, -0.15) is 0 Å². The topological polar surface area (TPSA) is 48.1 Å². The Bertz CT molecular complexity index is 584. The number of aromatic nitrogens is 1. The van der Waals surface area contributed by atoms with Gasteiger partial charge < -0.3 is 10.5 Å². The molecule has 19 heavy (non-hydrogen) atoms. The third-order valence-electron chi connectivity index (χ3n) is 2.76. The molecule has 3 nitrogen and oxygen atoms in total. The number of nitrogens with zero attached hydrogens (tertiary/aromatic N) is 1. The van der Waals surface area contributed by atoms with Crippen molar-refractivity contribution in [1.82, 2.24) is 4.98 Å². The highest BCUT2D eigenvalue weighted by Crippen LogP contribution is 2.29. The number of nitrogens with two attached hydrogens (primary N) is 1. The van der Waals surface area contributed by atoms with Crippen LogP contribution in [0.4, 0.5) is 5.69 Å². The highest BCUT2D eigenvalue weighted by molar-refractivity contribution is 7.98. The van der Waals surface area contributed by atoms with Gasteiger partial charge in [0.25, 0.3) is 0 Å². The minimum atomic E-state index is 0.783. The normalized spacial score (nSPS) is 10.5. The van der Waals surface area contributed by atoms with E-state index in [1.807, 2.05) is 32.0 Å². The third-order valence-corrected chi connectivity index (χ3v) is 3.88. The average Bonchev–Trinajstić information content (AvgIpc) is 2.37. The molecule has 0 bridgehead atoms. The predicted octanol–water partition coefficient (Wildman–Crippen LogP) is 3.58. The van der Waals surface area contributed by atoms with Crippen LogP contribution in [-0.4, -0.2) is 12.1 Å². The fraction of sp³-hybridized carbons (Fsp3) is 0.267. The zero-order valence-electron chi connectivity index (χ0n) is 11.4. The Morgan fingerprint density at radius 2 is 2.00 bits per heavy atom. The Morgan fingerprint density at radius 1 is 1.21 bits per heavy atom. The molecule has 100 valence electrons. The number of hydrogen-bond donors (Lipinski definition) is 1. The van der Waals surface area contributed by atoms with Gasteiger partial charge in [-0.3, -0.25) is 4.98 Å². The van der Waals surface area contributed by atoms with Crippen molar-refractivity contribution in [2.45, 2.75) is 24.5 Å². The molecular weight excluding hydrogens is 256 g/mol. The fourth-order valence-electron chi connectivity index (χ4n) is 1.85. The van der Waals surface area contributed by atoms with E-state index in [9.17, 15) is 0 Å². The molecule has 2 rings (SSSR count). The van der Waals surface area contributed by atoms with Crippen molar-refractivity contribution in [2.75, 3.05) is 12.8 Å². The number of thioether (sulfide) groups is 1. The summed E-state index contributed by atoms with van der Waals surface area (Å²) in [7, 11) is 1.67. The summed E-state index contributed by atoms with van der Waals surface area (Å²) in [5.41, 5.74) is 9.97. The van der Waals surface area contributed by atoms with Crippen LogP contribution in [-0.2, 0) is 5.75 Å². The molecule has 0 radical (unpaired) electrons. The molecule has 0 aliphatic carbocycles. The number of hydrogen-bond acceptors (Lipinski definition) is 4. The second-order valence-electron chi connectivity index (χ2n) is 4.47. The number of ether oxygens (including phenoxy) is 1. The summed E-state index contributed by atoms with van der Waals surface area (Å²) >= 11 is 1.69. The second-order valence-corrected chi connectivity index (χ2v) is 5.49. The van der Waals surface area contributed by atoms with Crippen molar-refractivity contribution in [3.05, 3.63) is 47.3 Å². The van der Waals surface area contributed by atoms with Crippen molar-refractivity contribution in [1.29, 1.82) is 0 Å². The highest BCUT2D eigenvalue weighted by Gasteiger charge is 2.04. The lowest BCUT2D eigenvalue weighted by molar-refractivity contribution is 0.413. The van der Waals surface area contributed by atoms with E-state index in [0.717, 1.165) is 33.5 Å². The SMILES string of the molecule is COc1cc(C)nc(CSc2ccc(C)cc2N)c1. The number of nitrogen functional groups attached to an aromatic ring is 1. The summed E-state index contributed by atoms with van der Waals surface area (Å²) in [6, 6.07) is 10.0. The van der Waals surface area contributed by atoms with Gasteiger partial charge in [0.2, 0.25) is 0 Å². The van der Waals surface area contributed by atoms with Crippen LogP contribution in [0.25, 0.3) is 0 Å². The summed E-state index contributed by atoms with van der Waals surface area (Å²) in [6.45, 7) is 4.01. The van der Waals surface area contributed by atoms with E-state index < -0.39 is 0 Å². The molecule has 4 heteroatoms. The van der Waals surface area contributed by atoms with Crippen LogP contribution in [0, 0.1) is 13.8 Å². The molecular formula is C15H18N2OS. The Hall–Kier alpha value is -1.68. The molecule has 0 amide bonds. The van der Waals surface area contributed by atoms with Gasteiger partial charge in [-0.1, -0.05) is 6.07 Å². The minimum absolute atomic E-state index is 0.783. The maximum Gasteiger partial charge on any atom is 0.122 e. The van der Waals surface area contributed by atoms with Gasteiger partial charge in [0.1, 0.15) is 5.75 Å². The van der Waals surface area contributed by atoms with Crippen LogP contribution in [0.15, 0.2) is 35.2 Å². The maximum atomic E-state index is 6.01. The molecule has 1 aromatic heterocycles. The van der Waals surface area contributed by atoms with Gasteiger partial charge in [0.05, 0.1) is 12.8 Å². The van der Waals surface area contributed by atoms with Crippen LogP contribution in [0.1, 0.15) is 17.0 Å². The van der Waals surface area contributed by atoms with Crippen LogP contribution in [0.2, 0.25) is 0 Å². The molecule has 0 spiro atoms. The summed E-state index contributed by atoms with van der Waals surface area (Å²) in [5, 5.41) is 0. The number of benzene rings is 1. The fourth-order valence-corrected chi connectivity index (χ4v) is 2.69. The Balaban J connectivity index is 2.12. The van der Waals surface area contributed by atoms with Crippen molar-refractivity contribution < 1.29 is 4.74 Å². The van der Waals surface area contributed by atoms with Crippen LogP contribution >= 0.6 is 11.8 Å².